The summed E-state index contributed by atoms with van der Waals surface area (Å²) >= 11 is 6.07. The van der Waals surface area contributed by atoms with E-state index in [1.807, 2.05) is 6.92 Å². The molecule has 0 amide bonds. The summed E-state index contributed by atoms with van der Waals surface area (Å²) in [5.41, 5.74) is 1.49. The molecule has 1 fully saturated rings. The zero-order valence-corrected chi connectivity index (χ0v) is 8.39. The molecule has 0 atom stereocenters. The van der Waals surface area contributed by atoms with Gasteiger partial charge in [0.1, 0.15) is 5.15 Å². The standard InChI is InChI=1S/C9H10ClN3/c1-6-7(8(10)13(2)12-6)9(5-11)3-4-9/h3-4H2,1-2H3. The van der Waals surface area contributed by atoms with Gasteiger partial charge >= 0.3 is 0 Å². The summed E-state index contributed by atoms with van der Waals surface area (Å²) in [6.07, 6.45) is 1.82. The molecule has 0 aliphatic heterocycles. The molecule has 1 saturated carbocycles. The molecule has 1 aromatic rings. The topological polar surface area (TPSA) is 41.6 Å². The van der Waals surface area contributed by atoms with Crippen molar-refractivity contribution in [1.29, 1.82) is 5.26 Å². The summed E-state index contributed by atoms with van der Waals surface area (Å²) in [6.45, 7) is 1.90. The van der Waals surface area contributed by atoms with Crippen molar-refractivity contribution in [3.8, 4) is 6.07 Å². The summed E-state index contributed by atoms with van der Waals surface area (Å²) in [6, 6.07) is 2.33. The molecule has 0 spiro atoms. The van der Waals surface area contributed by atoms with Gasteiger partial charge in [-0.15, -0.1) is 0 Å². The maximum absolute atomic E-state index is 9.02. The van der Waals surface area contributed by atoms with Gasteiger partial charge in [0.15, 0.2) is 0 Å². The van der Waals surface area contributed by atoms with E-state index in [2.05, 4.69) is 11.2 Å². The minimum Gasteiger partial charge on any atom is -0.256 e. The third kappa shape index (κ3) is 1.06. The molecule has 3 nitrogen and oxygen atoms in total. The van der Waals surface area contributed by atoms with Crippen LogP contribution in [0.3, 0.4) is 0 Å². The van der Waals surface area contributed by atoms with Gasteiger partial charge in [0.05, 0.1) is 17.2 Å². The Morgan fingerprint density at radius 2 is 2.23 bits per heavy atom. The molecule has 0 unspecified atom stereocenters. The average Bonchev–Trinajstić information content (AvgIpc) is 2.81. The van der Waals surface area contributed by atoms with Crippen molar-refractivity contribution in [3.63, 3.8) is 0 Å². The fraction of sp³-hybridized carbons (Fsp3) is 0.556. The second-order valence-electron chi connectivity index (χ2n) is 3.57. The van der Waals surface area contributed by atoms with Gasteiger partial charge in [-0.2, -0.15) is 10.4 Å². The number of hydrogen-bond donors (Lipinski definition) is 0. The lowest BCUT2D eigenvalue weighted by Crippen LogP contribution is -2.04. The first kappa shape index (κ1) is 8.58. The molecule has 0 radical (unpaired) electrons. The Kier molecular flexibility index (Phi) is 1.64. The van der Waals surface area contributed by atoms with Gasteiger partial charge in [0.2, 0.25) is 0 Å². The summed E-state index contributed by atoms with van der Waals surface area (Å²) in [7, 11) is 1.80. The van der Waals surface area contributed by atoms with Crippen LogP contribution in [0.1, 0.15) is 24.1 Å². The highest BCUT2D eigenvalue weighted by molar-refractivity contribution is 6.30. The van der Waals surface area contributed by atoms with Crippen molar-refractivity contribution in [2.24, 2.45) is 7.05 Å². The molecule has 0 N–H and O–H groups in total. The van der Waals surface area contributed by atoms with Crippen molar-refractivity contribution in [3.05, 3.63) is 16.4 Å². The van der Waals surface area contributed by atoms with Crippen LogP contribution in [0, 0.1) is 18.3 Å². The van der Waals surface area contributed by atoms with Crippen LogP contribution in [0.15, 0.2) is 0 Å². The molecule has 1 aromatic heterocycles. The van der Waals surface area contributed by atoms with Crippen LogP contribution in [-0.4, -0.2) is 9.78 Å². The number of aryl methyl sites for hydroxylation is 2. The lowest BCUT2D eigenvalue weighted by atomic mass is 9.99. The minimum absolute atomic E-state index is 0.324. The lowest BCUT2D eigenvalue weighted by molar-refractivity contribution is 0.757. The molecule has 1 aliphatic carbocycles. The van der Waals surface area contributed by atoms with E-state index in [0.717, 1.165) is 24.1 Å². The van der Waals surface area contributed by atoms with E-state index in [9.17, 15) is 0 Å². The van der Waals surface area contributed by atoms with E-state index in [-0.39, 0.29) is 5.41 Å². The highest BCUT2D eigenvalue weighted by atomic mass is 35.5. The Labute approximate surface area is 81.9 Å². The number of rotatable bonds is 1. The van der Waals surface area contributed by atoms with Crippen molar-refractivity contribution in [2.75, 3.05) is 0 Å². The van der Waals surface area contributed by atoms with E-state index in [4.69, 9.17) is 16.9 Å². The molecule has 0 saturated heterocycles. The molecule has 1 heterocycles. The Bertz CT molecular complexity index is 396. The predicted octanol–water partition coefficient (Wildman–Crippen LogP) is 1.94. The summed E-state index contributed by atoms with van der Waals surface area (Å²) in [4.78, 5) is 0. The number of nitrogens with zero attached hydrogens (tertiary/aromatic N) is 3. The van der Waals surface area contributed by atoms with Crippen LogP contribution in [0.25, 0.3) is 0 Å². The zero-order chi connectivity index (χ0) is 9.64. The van der Waals surface area contributed by atoms with E-state index >= 15 is 0 Å². The molecule has 4 heteroatoms. The van der Waals surface area contributed by atoms with E-state index < -0.39 is 0 Å². The summed E-state index contributed by atoms with van der Waals surface area (Å²) in [5.74, 6) is 0. The Balaban J connectivity index is 2.59. The highest BCUT2D eigenvalue weighted by Gasteiger charge is 2.48. The third-order valence-electron chi connectivity index (χ3n) is 2.59. The van der Waals surface area contributed by atoms with E-state index in [0.29, 0.717) is 5.15 Å². The number of halogens is 1. The van der Waals surface area contributed by atoms with Crippen LogP contribution < -0.4 is 0 Å². The molecule has 1 aliphatic rings. The minimum atomic E-state index is -0.324. The van der Waals surface area contributed by atoms with Crippen LogP contribution >= 0.6 is 11.6 Å². The Morgan fingerprint density at radius 1 is 1.62 bits per heavy atom. The van der Waals surface area contributed by atoms with Gasteiger partial charge in [-0.3, -0.25) is 4.68 Å². The number of nitriles is 1. The Hall–Kier alpha value is -1.01. The van der Waals surface area contributed by atoms with Crippen LogP contribution in [0.4, 0.5) is 0 Å². The molecule has 2 rings (SSSR count). The largest absolute Gasteiger partial charge is 0.256 e. The smallest absolute Gasteiger partial charge is 0.131 e. The monoisotopic (exact) mass is 195 g/mol. The van der Waals surface area contributed by atoms with Crippen molar-refractivity contribution >= 4 is 11.6 Å². The predicted molar refractivity (Wildman–Crippen MR) is 49.5 cm³/mol. The summed E-state index contributed by atoms with van der Waals surface area (Å²) in [5, 5.41) is 13.8. The maximum Gasteiger partial charge on any atom is 0.131 e. The van der Waals surface area contributed by atoms with Crippen molar-refractivity contribution in [2.45, 2.75) is 25.2 Å². The Morgan fingerprint density at radius 3 is 2.54 bits per heavy atom. The first-order chi connectivity index (χ1) is 6.10. The molecular formula is C9H10ClN3. The van der Waals surface area contributed by atoms with Crippen LogP contribution in [0.2, 0.25) is 5.15 Å². The number of hydrogen-bond acceptors (Lipinski definition) is 2. The second-order valence-corrected chi connectivity index (χ2v) is 3.93. The van der Waals surface area contributed by atoms with E-state index in [1.54, 1.807) is 11.7 Å². The van der Waals surface area contributed by atoms with Gasteiger partial charge in [-0.05, 0) is 19.8 Å². The number of aromatic nitrogens is 2. The molecule has 68 valence electrons. The molecular weight excluding hydrogens is 186 g/mol. The van der Waals surface area contributed by atoms with Crippen molar-refractivity contribution < 1.29 is 0 Å². The third-order valence-corrected chi connectivity index (χ3v) is 3.03. The zero-order valence-electron chi connectivity index (χ0n) is 7.63. The SMILES string of the molecule is Cc1nn(C)c(Cl)c1C1(C#N)CC1. The van der Waals surface area contributed by atoms with Gasteiger partial charge in [-0.25, -0.2) is 0 Å². The molecule has 0 aromatic carbocycles. The average molecular weight is 196 g/mol. The van der Waals surface area contributed by atoms with Crippen molar-refractivity contribution in [1.82, 2.24) is 9.78 Å². The fourth-order valence-electron chi connectivity index (χ4n) is 1.72. The normalized spacial score (nSPS) is 18.3. The maximum atomic E-state index is 9.02. The first-order valence-electron chi connectivity index (χ1n) is 4.21. The van der Waals surface area contributed by atoms with Gasteiger partial charge < -0.3 is 0 Å². The summed E-state index contributed by atoms with van der Waals surface area (Å²) < 4.78 is 1.63. The fourth-order valence-corrected chi connectivity index (χ4v) is 2.07. The first-order valence-corrected chi connectivity index (χ1v) is 4.59. The van der Waals surface area contributed by atoms with Gasteiger partial charge in [0, 0.05) is 12.6 Å². The van der Waals surface area contributed by atoms with Gasteiger partial charge in [0.25, 0.3) is 0 Å². The quantitative estimate of drug-likeness (QED) is 0.687. The molecule has 13 heavy (non-hydrogen) atoms. The highest BCUT2D eigenvalue weighted by Crippen LogP contribution is 2.50. The van der Waals surface area contributed by atoms with E-state index in [1.165, 1.54) is 0 Å². The lowest BCUT2D eigenvalue weighted by Gasteiger charge is -2.03. The molecule has 0 bridgehead atoms. The second kappa shape index (κ2) is 2.49. The van der Waals surface area contributed by atoms with Crippen LogP contribution in [0.5, 0.6) is 0 Å². The van der Waals surface area contributed by atoms with Crippen LogP contribution in [-0.2, 0) is 12.5 Å². The van der Waals surface area contributed by atoms with Gasteiger partial charge in [-0.1, -0.05) is 11.6 Å².